The minimum atomic E-state index is -0.361. The summed E-state index contributed by atoms with van der Waals surface area (Å²) in [6, 6.07) is 14.6. The SMILES string of the molecule is COc1cccc(C=CC(=O)Nc2c(C(=O)N3CCOCC3)oc3ccccc23)c1. The molecule has 1 fully saturated rings. The van der Waals surface area contributed by atoms with E-state index in [0.29, 0.717) is 48.7 Å². The van der Waals surface area contributed by atoms with Gasteiger partial charge in [0.05, 0.1) is 20.3 Å². The highest BCUT2D eigenvalue weighted by Crippen LogP contribution is 2.32. The molecule has 0 atom stereocenters. The lowest BCUT2D eigenvalue weighted by Gasteiger charge is -2.26. The van der Waals surface area contributed by atoms with Gasteiger partial charge in [0, 0.05) is 24.6 Å². The molecule has 4 rings (SSSR count). The monoisotopic (exact) mass is 406 g/mol. The number of carbonyl (C=O) groups excluding carboxylic acids is 2. The number of carbonyl (C=O) groups is 2. The van der Waals surface area contributed by atoms with Crippen LogP contribution in [0.3, 0.4) is 0 Å². The quantitative estimate of drug-likeness (QED) is 0.655. The van der Waals surface area contributed by atoms with Crippen LogP contribution < -0.4 is 10.1 Å². The van der Waals surface area contributed by atoms with Gasteiger partial charge in [-0.15, -0.1) is 0 Å². The summed E-state index contributed by atoms with van der Waals surface area (Å²) in [7, 11) is 1.59. The van der Waals surface area contributed by atoms with Gasteiger partial charge in [-0.3, -0.25) is 9.59 Å². The van der Waals surface area contributed by atoms with Crippen LogP contribution in [0.2, 0.25) is 0 Å². The van der Waals surface area contributed by atoms with Crippen molar-refractivity contribution in [2.75, 3.05) is 38.7 Å². The molecule has 1 aliphatic rings. The fraction of sp³-hybridized carbons (Fsp3) is 0.217. The van der Waals surface area contributed by atoms with Crippen LogP contribution in [0, 0.1) is 0 Å². The van der Waals surface area contributed by atoms with Gasteiger partial charge in [0.25, 0.3) is 5.91 Å². The Hall–Kier alpha value is -3.58. The Labute approximate surface area is 173 Å². The average Bonchev–Trinajstić information content (AvgIpc) is 3.16. The summed E-state index contributed by atoms with van der Waals surface area (Å²) in [4.78, 5) is 27.3. The van der Waals surface area contributed by atoms with Crippen LogP contribution in [0.1, 0.15) is 16.1 Å². The summed E-state index contributed by atoms with van der Waals surface area (Å²) in [5.41, 5.74) is 1.75. The number of furan rings is 1. The van der Waals surface area contributed by atoms with Crippen LogP contribution in [0.25, 0.3) is 17.0 Å². The lowest BCUT2D eigenvalue weighted by atomic mass is 10.2. The molecule has 30 heavy (non-hydrogen) atoms. The van der Waals surface area contributed by atoms with E-state index in [1.165, 1.54) is 6.08 Å². The number of morpholine rings is 1. The molecular weight excluding hydrogens is 384 g/mol. The summed E-state index contributed by atoms with van der Waals surface area (Å²) < 4.78 is 16.3. The van der Waals surface area contributed by atoms with Crippen LogP contribution in [-0.4, -0.2) is 50.1 Å². The number of para-hydroxylation sites is 1. The average molecular weight is 406 g/mol. The zero-order valence-corrected chi connectivity index (χ0v) is 16.6. The number of amides is 2. The lowest BCUT2D eigenvalue weighted by Crippen LogP contribution is -2.40. The first-order valence-corrected chi connectivity index (χ1v) is 9.67. The van der Waals surface area contributed by atoms with Crippen molar-refractivity contribution in [3.8, 4) is 5.75 Å². The maximum absolute atomic E-state index is 13.0. The Morgan fingerprint density at radius 1 is 1.10 bits per heavy atom. The van der Waals surface area contributed by atoms with Crippen LogP contribution in [-0.2, 0) is 9.53 Å². The van der Waals surface area contributed by atoms with Gasteiger partial charge in [-0.25, -0.2) is 0 Å². The van der Waals surface area contributed by atoms with Crippen molar-refractivity contribution in [2.24, 2.45) is 0 Å². The smallest absolute Gasteiger partial charge is 0.291 e. The number of fused-ring (bicyclic) bond motifs is 1. The Morgan fingerprint density at radius 3 is 2.70 bits per heavy atom. The van der Waals surface area contributed by atoms with Crippen LogP contribution in [0.15, 0.2) is 59.0 Å². The first kappa shape index (κ1) is 19.7. The predicted molar refractivity (Wildman–Crippen MR) is 114 cm³/mol. The number of rotatable bonds is 5. The van der Waals surface area contributed by atoms with Gasteiger partial charge in [-0.2, -0.15) is 0 Å². The van der Waals surface area contributed by atoms with Crippen molar-refractivity contribution in [3.63, 3.8) is 0 Å². The number of ether oxygens (including phenoxy) is 2. The van der Waals surface area contributed by atoms with Crippen molar-refractivity contribution >= 4 is 34.5 Å². The van der Waals surface area contributed by atoms with Gasteiger partial charge in [0.2, 0.25) is 11.7 Å². The summed E-state index contributed by atoms with van der Waals surface area (Å²) in [6.07, 6.45) is 3.10. The maximum Gasteiger partial charge on any atom is 0.291 e. The molecule has 0 aliphatic carbocycles. The zero-order chi connectivity index (χ0) is 20.9. The molecule has 1 aliphatic heterocycles. The zero-order valence-electron chi connectivity index (χ0n) is 16.6. The number of hydrogen-bond acceptors (Lipinski definition) is 5. The fourth-order valence-corrected chi connectivity index (χ4v) is 3.31. The van der Waals surface area contributed by atoms with E-state index in [1.54, 1.807) is 24.2 Å². The summed E-state index contributed by atoms with van der Waals surface area (Å²) in [6.45, 7) is 1.94. The highest BCUT2D eigenvalue weighted by atomic mass is 16.5. The van der Waals surface area contributed by atoms with Crippen LogP contribution >= 0.6 is 0 Å². The fourth-order valence-electron chi connectivity index (χ4n) is 3.31. The highest BCUT2D eigenvalue weighted by molar-refractivity contribution is 6.13. The molecule has 1 N–H and O–H groups in total. The van der Waals surface area contributed by atoms with Crippen LogP contribution in [0.5, 0.6) is 5.75 Å². The van der Waals surface area contributed by atoms with E-state index in [-0.39, 0.29) is 17.6 Å². The minimum absolute atomic E-state index is 0.126. The molecule has 3 aromatic rings. The van der Waals surface area contributed by atoms with E-state index < -0.39 is 0 Å². The molecule has 0 bridgehead atoms. The topological polar surface area (TPSA) is 81.0 Å². The Balaban J connectivity index is 1.60. The Morgan fingerprint density at radius 2 is 1.90 bits per heavy atom. The van der Waals surface area contributed by atoms with Gasteiger partial charge >= 0.3 is 0 Å². The highest BCUT2D eigenvalue weighted by Gasteiger charge is 2.27. The molecule has 0 unspecified atom stereocenters. The van der Waals surface area contributed by atoms with Gasteiger partial charge in [0.1, 0.15) is 17.0 Å². The molecule has 2 heterocycles. The molecule has 154 valence electrons. The first-order chi connectivity index (χ1) is 14.7. The van der Waals surface area contributed by atoms with Crippen molar-refractivity contribution in [1.82, 2.24) is 4.90 Å². The van der Waals surface area contributed by atoms with E-state index in [9.17, 15) is 9.59 Å². The van der Waals surface area contributed by atoms with Crippen molar-refractivity contribution < 1.29 is 23.5 Å². The number of nitrogens with zero attached hydrogens (tertiary/aromatic N) is 1. The van der Waals surface area contributed by atoms with Crippen molar-refractivity contribution in [1.29, 1.82) is 0 Å². The summed E-state index contributed by atoms with van der Waals surface area (Å²) in [5.74, 6) is 0.208. The third-order valence-corrected chi connectivity index (χ3v) is 4.86. The Kier molecular flexibility index (Phi) is 5.81. The Bertz CT molecular complexity index is 1100. The van der Waals surface area contributed by atoms with Gasteiger partial charge in [0.15, 0.2) is 0 Å². The van der Waals surface area contributed by atoms with E-state index in [1.807, 2.05) is 42.5 Å². The molecule has 2 aromatic carbocycles. The molecule has 1 saturated heterocycles. The second kappa shape index (κ2) is 8.84. The molecule has 0 spiro atoms. The molecular formula is C23H22N2O5. The van der Waals surface area contributed by atoms with Crippen LogP contribution in [0.4, 0.5) is 5.69 Å². The first-order valence-electron chi connectivity index (χ1n) is 9.67. The van der Waals surface area contributed by atoms with E-state index in [4.69, 9.17) is 13.9 Å². The molecule has 0 radical (unpaired) electrons. The van der Waals surface area contributed by atoms with Crippen molar-refractivity contribution in [2.45, 2.75) is 0 Å². The maximum atomic E-state index is 13.0. The number of nitrogens with one attached hydrogen (secondary N) is 1. The van der Waals surface area contributed by atoms with E-state index in [2.05, 4.69) is 5.32 Å². The van der Waals surface area contributed by atoms with Gasteiger partial charge in [-0.05, 0) is 35.9 Å². The van der Waals surface area contributed by atoms with E-state index >= 15 is 0 Å². The van der Waals surface area contributed by atoms with Gasteiger partial charge < -0.3 is 24.1 Å². The number of methoxy groups -OCH3 is 1. The normalized spacial score (nSPS) is 14.2. The molecule has 7 nitrogen and oxygen atoms in total. The third-order valence-electron chi connectivity index (χ3n) is 4.86. The predicted octanol–water partition coefficient (Wildman–Crippen LogP) is 3.57. The second-order valence-electron chi connectivity index (χ2n) is 6.81. The summed E-state index contributed by atoms with van der Waals surface area (Å²) in [5, 5.41) is 3.50. The lowest BCUT2D eigenvalue weighted by molar-refractivity contribution is -0.111. The molecule has 2 amide bonds. The van der Waals surface area contributed by atoms with Crippen molar-refractivity contribution in [3.05, 3.63) is 65.9 Å². The second-order valence-corrected chi connectivity index (χ2v) is 6.81. The van der Waals surface area contributed by atoms with Gasteiger partial charge in [-0.1, -0.05) is 24.3 Å². The molecule has 7 heteroatoms. The number of benzene rings is 2. The largest absolute Gasteiger partial charge is 0.497 e. The third kappa shape index (κ3) is 4.21. The standard InChI is InChI=1S/C23H22N2O5/c1-28-17-6-4-5-16(15-17)9-10-20(26)24-21-18-7-2-3-8-19(18)30-22(21)23(27)25-11-13-29-14-12-25/h2-10,15H,11-14H2,1H3,(H,24,26). The van der Waals surface area contributed by atoms with E-state index in [0.717, 1.165) is 5.56 Å². The minimum Gasteiger partial charge on any atom is -0.497 e. The molecule has 0 saturated carbocycles. The summed E-state index contributed by atoms with van der Waals surface area (Å²) >= 11 is 0. The number of anilines is 1. The number of hydrogen-bond donors (Lipinski definition) is 1. The molecule has 1 aromatic heterocycles.